The Hall–Kier alpha value is -2.96. The first-order valence-electron chi connectivity index (χ1n) is 10.9. The molecule has 2 N–H and O–H groups in total. The highest BCUT2D eigenvalue weighted by Crippen LogP contribution is 2.27. The van der Waals surface area contributed by atoms with Crippen LogP contribution < -0.4 is 5.32 Å². The van der Waals surface area contributed by atoms with E-state index >= 15 is 0 Å². The van der Waals surface area contributed by atoms with Crippen LogP contribution in [0, 0.1) is 5.92 Å². The molecule has 4 amide bonds. The number of aromatic nitrogens is 1. The third kappa shape index (κ3) is 3.88. The molecule has 7 nitrogen and oxygen atoms in total. The molecule has 158 valence electrons. The van der Waals surface area contributed by atoms with Crippen molar-refractivity contribution in [3.8, 4) is 0 Å². The summed E-state index contributed by atoms with van der Waals surface area (Å²) in [5.41, 5.74) is 2.78. The van der Waals surface area contributed by atoms with Crippen LogP contribution >= 0.6 is 0 Å². The van der Waals surface area contributed by atoms with Crippen molar-refractivity contribution in [2.45, 2.75) is 57.9 Å². The summed E-state index contributed by atoms with van der Waals surface area (Å²) in [6, 6.07) is 7.39. The van der Waals surface area contributed by atoms with Crippen LogP contribution in [0.15, 0.2) is 35.5 Å². The molecule has 7 heteroatoms. The monoisotopic (exact) mass is 408 g/mol. The van der Waals surface area contributed by atoms with Crippen LogP contribution in [0.1, 0.15) is 51.0 Å². The Bertz CT molecular complexity index is 987. The molecule has 0 bridgehead atoms. The summed E-state index contributed by atoms with van der Waals surface area (Å²) in [5, 5.41) is 3.55. The van der Waals surface area contributed by atoms with Crippen LogP contribution in [-0.4, -0.2) is 46.0 Å². The van der Waals surface area contributed by atoms with Crippen molar-refractivity contribution >= 4 is 34.5 Å². The van der Waals surface area contributed by atoms with Crippen molar-refractivity contribution in [3.05, 3.63) is 36.0 Å². The summed E-state index contributed by atoms with van der Waals surface area (Å²) in [6.45, 7) is 2.38. The van der Waals surface area contributed by atoms with E-state index in [9.17, 15) is 14.4 Å². The summed E-state index contributed by atoms with van der Waals surface area (Å²) >= 11 is 0. The summed E-state index contributed by atoms with van der Waals surface area (Å²) in [5.74, 6) is -1.97. The average molecular weight is 409 g/mol. The number of nitrogens with one attached hydrogen (secondary N) is 2. The second-order valence-electron chi connectivity index (χ2n) is 8.06. The highest BCUT2D eigenvalue weighted by atomic mass is 16.2. The number of carbonyl (C=O) groups is 3. The fourth-order valence-electron chi connectivity index (χ4n) is 4.63. The van der Waals surface area contributed by atoms with Crippen molar-refractivity contribution in [2.24, 2.45) is 10.9 Å². The fourth-order valence-corrected chi connectivity index (χ4v) is 4.63. The first-order valence-corrected chi connectivity index (χ1v) is 10.9. The number of barbiturate groups is 1. The van der Waals surface area contributed by atoms with Crippen LogP contribution in [0.5, 0.6) is 0 Å². The molecular weight excluding hydrogens is 380 g/mol. The summed E-state index contributed by atoms with van der Waals surface area (Å²) < 4.78 is 0. The largest absolute Gasteiger partial charge is 0.361 e. The van der Waals surface area contributed by atoms with Gasteiger partial charge in [0.2, 0.25) is 11.8 Å². The molecule has 0 radical (unpaired) electrons. The number of aromatic amines is 1. The van der Waals surface area contributed by atoms with Crippen molar-refractivity contribution in [2.75, 3.05) is 6.54 Å². The maximum absolute atomic E-state index is 13.2. The molecule has 0 spiro atoms. The van der Waals surface area contributed by atoms with Crippen LogP contribution in [0.4, 0.5) is 4.79 Å². The number of H-pyrrole nitrogens is 1. The molecule has 1 aliphatic heterocycles. The van der Waals surface area contributed by atoms with Crippen LogP contribution in [0.3, 0.4) is 0 Å². The van der Waals surface area contributed by atoms with Gasteiger partial charge in [0.15, 0.2) is 5.92 Å². The minimum atomic E-state index is -1.00. The van der Waals surface area contributed by atoms with E-state index in [4.69, 9.17) is 0 Å². The van der Waals surface area contributed by atoms with Gasteiger partial charge in [0.25, 0.3) is 0 Å². The average Bonchev–Trinajstić information content (AvgIpc) is 3.16. The summed E-state index contributed by atoms with van der Waals surface area (Å²) in [4.78, 5) is 47.3. The van der Waals surface area contributed by atoms with Gasteiger partial charge >= 0.3 is 6.03 Å². The highest BCUT2D eigenvalue weighted by Gasteiger charge is 2.45. The maximum Gasteiger partial charge on any atom is 0.331 e. The number of carbonyl (C=O) groups excluding carboxylic acids is 3. The number of urea groups is 1. The van der Waals surface area contributed by atoms with Crippen LogP contribution in [0.2, 0.25) is 0 Å². The standard InChI is InChI=1S/C23H28N4O3/c1-2-18(24-13-12-15-14-25-19-11-7-6-10-17(15)19)20-21(28)26-23(30)27(22(20)29)16-8-4-3-5-9-16/h6-7,10-11,14,16,20,25H,2-5,8-9,12-13H2,1H3,(H,26,28,30). The van der Waals surface area contributed by atoms with Crippen molar-refractivity contribution in [3.63, 3.8) is 0 Å². The Kier molecular flexibility index (Phi) is 5.97. The lowest BCUT2D eigenvalue weighted by Crippen LogP contribution is -2.62. The molecule has 2 aliphatic rings. The fraction of sp³-hybridized carbons (Fsp3) is 0.478. The number of fused-ring (bicyclic) bond motifs is 1. The lowest BCUT2D eigenvalue weighted by Gasteiger charge is -2.37. The Labute approximate surface area is 175 Å². The van der Waals surface area contributed by atoms with E-state index in [2.05, 4.69) is 21.4 Å². The predicted molar refractivity (Wildman–Crippen MR) is 115 cm³/mol. The Morgan fingerprint density at radius 1 is 1.13 bits per heavy atom. The number of nitrogens with zero attached hydrogens (tertiary/aromatic N) is 2. The molecular formula is C23H28N4O3. The minimum Gasteiger partial charge on any atom is -0.361 e. The van der Waals surface area contributed by atoms with Gasteiger partial charge in [-0.1, -0.05) is 44.4 Å². The molecule has 1 aliphatic carbocycles. The van der Waals surface area contributed by atoms with Gasteiger partial charge in [0.1, 0.15) is 0 Å². The van der Waals surface area contributed by atoms with Crippen molar-refractivity contribution < 1.29 is 14.4 Å². The Morgan fingerprint density at radius 2 is 1.90 bits per heavy atom. The van der Waals surface area contributed by atoms with Crippen molar-refractivity contribution in [1.82, 2.24) is 15.2 Å². The zero-order valence-corrected chi connectivity index (χ0v) is 17.3. The quantitative estimate of drug-likeness (QED) is 0.565. The molecule has 2 aromatic rings. The zero-order valence-electron chi connectivity index (χ0n) is 17.3. The maximum atomic E-state index is 13.2. The number of hydrogen-bond donors (Lipinski definition) is 2. The third-order valence-electron chi connectivity index (χ3n) is 6.20. The molecule has 1 aromatic carbocycles. The van der Waals surface area contributed by atoms with Gasteiger partial charge in [-0.15, -0.1) is 0 Å². The number of para-hydroxylation sites is 1. The molecule has 2 heterocycles. The van der Waals surface area contributed by atoms with Gasteiger partial charge in [0.05, 0.1) is 0 Å². The third-order valence-corrected chi connectivity index (χ3v) is 6.20. The molecule has 4 rings (SSSR count). The van der Waals surface area contributed by atoms with E-state index in [1.54, 1.807) is 0 Å². The topological polar surface area (TPSA) is 94.6 Å². The van der Waals surface area contributed by atoms with Crippen molar-refractivity contribution in [1.29, 1.82) is 0 Å². The van der Waals surface area contributed by atoms with E-state index in [0.29, 0.717) is 25.1 Å². The first kappa shape index (κ1) is 20.3. The van der Waals surface area contributed by atoms with Gasteiger partial charge in [-0.25, -0.2) is 4.79 Å². The SMILES string of the molecule is CCC(=NCCc1c[nH]c2ccccc12)C1C(=O)NC(=O)N(C2CCCCC2)C1=O. The van der Waals surface area contributed by atoms with E-state index in [0.717, 1.165) is 48.6 Å². The molecule has 1 saturated carbocycles. The first-order chi connectivity index (χ1) is 14.6. The zero-order chi connectivity index (χ0) is 21.1. The molecule has 1 atom stereocenters. The molecule has 2 fully saturated rings. The van der Waals surface area contributed by atoms with E-state index < -0.39 is 23.8 Å². The lowest BCUT2D eigenvalue weighted by molar-refractivity contribution is -0.141. The van der Waals surface area contributed by atoms with Gasteiger partial charge in [-0.3, -0.25) is 24.8 Å². The number of rotatable bonds is 6. The van der Waals surface area contributed by atoms with Gasteiger partial charge in [-0.2, -0.15) is 0 Å². The number of amides is 4. The lowest BCUT2D eigenvalue weighted by atomic mass is 9.90. The number of benzene rings is 1. The van der Waals surface area contributed by atoms with Crippen LogP contribution in [-0.2, 0) is 16.0 Å². The van der Waals surface area contributed by atoms with E-state index in [1.165, 1.54) is 4.90 Å². The normalized spacial score (nSPS) is 21.4. The number of hydrogen-bond acceptors (Lipinski definition) is 4. The Morgan fingerprint density at radius 3 is 2.67 bits per heavy atom. The predicted octanol–water partition coefficient (Wildman–Crippen LogP) is 3.59. The highest BCUT2D eigenvalue weighted by molar-refractivity contribution is 6.27. The smallest absolute Gasteiger partial charge is 0.331 e. The molecule has 1 unspecified atom stereocenters. The number of imide groups is 2. The van der Waals surface area contributed by atoms with Gasteiger partial charge in [0, 0.05) is 35.4 Å². The summed E-state index contributed by atoms with van der Waals surface area (Å²) in [7, 11) is 0. The number of aliphatic imine (C=N–C) groups is 1. The van der Waals surface area contributed by atoms with Gasteiger partial charge < -0.3 is 4.98 Å². The second-order valence-corrected chi connectivity index (χ2v) is 8.06. The molecule has 1 saturated heterocycles. The van der Waals surface area contributed by atoms with E-state index in [-0.39, 0.29) is 6.04 Å². The van der Waals surface area contributed by atoms with Gasteiger partial charge in [-0.05, 0) is 37.3 Å². The van der Waals surface area contributed by atoms with Crippen LogP contribution in [0.25, 0.3) is 10.9 Å². The molecule has 1 aromatic heterocycles. The minimum absolute atomic E-state index is 0.119. The second kappa shape index (κ2) is 8.81. The molecule has 30 heavy (non-hydrogen) atoms. The summed E-state index contributed by atoms with van der Waals surface area (Å²) in [6.07, 6.45) is 7.91. The van der Waals surface area contributed by atoms with E-state index in [1.807, 2.05) is 31.3 Å². The Balaban J connectivity index is 1.50.